The Hall–Kier alpha value is -0.640. The van der Waals surface area contributed by atoms with Crippen molar-refractivity contribution in [2.45, 2.75) is 58.4 Å². The summed E-state index contributed by atoms with van der Waals surface area (Å²) in [6, 6.07) is 0.223. The van der Waals surface area contributed by atoms with Crippen LogP contribution in [0.15, 0.2) is 10.7 Å². The molecule has 2 rings (SSSR count). The van der Waals surface area contributed by atoms with E-state index >= 15 is 0 Å². The van der Waals surface area contributed by atoms with Gasteiger partial charge in [0.05, 0.1) is 10.7 Å². The average Bonchev–Trinajstić information content (AvgIpc) is 2.56. The number of rotatable bonds is 3. The van der Waals surface area contributed by atoms with E-state index in [2.05, 4.69) is 34.9 Å². The first-order valence-corrected chi connectivity index (χ1v) is 7.67. The lowest BCUT2D eigenvalue weighted by atomic mass is 9.93. The van der Waals surface area contributed by atoms with Gasteiger partial charge in [0.25, 0.3) is 0 Å². The van der Waals surface area contributed by atoms with Gasteiger partial charge in [0.15, 0.2) is 5.78 Å². The summed E-state index contributed by atoms with van der Waals surface area (Å²) >= 11 is 3.47. The summed E-state index contributed by atoms with van der Waals surface area (Å²) in [4.78, 5) is 12.7. The van der Waals surface area contributed by atoms with E-state index in [1.54, 1.807) is 6.20 Å². The molecule has 1 aromatic heterocycles. The maximum Gasteiger partial charge on any atom is 0.185 e. The third kappa shape index (κ3) is 2.85. The second kappa shape index (κ2) is 6.00. The summed E-state index contributed by atoms with van der Waals surface area (Å²) in [5.41, 5.74) is 0.761. The van der Waals surface area contributed by atoms with Crippen LogP contribution in [0.1, 0.15) is 68.9 Å². The highest BCUT2D eigenvalue weighted by Gasteiger charge is 2.27. The van der Waals surface area contributed by atoms with Gasteiger partial charge in [-0.2, -0.15) is 5.10 Å². The number of hydrogen-bond acceptors (Lipinski definition) is 2. The minimum atomic E-state index is 0.193. The monoisotopic (exact) mass is 312 g/mol. The second-order valence-electron chi connectivity index (χ2n) is 5.43. The van der Waals surface area contributed by atoms with E-state index in [0.717, 1.165) is 23.0 Å². The summed E-state index contributed by atoms with van der Waals surface area (Å²) in [5.74, 6) is 0.466. The van der Waals surface area contributed by atoms with Crippen LogP contribution in [0.5, 0.6) is 0 Å². The molecule has 1 fully saturated rings. The summed E-state index contributed by atoms with van der Waals surface area (Å²) < 4.78 is 2.68. The van der Waals surface area contributed by atoms with E-state index < -0.39 is 0 Å². The number of nitrogens with zero attached hydrogens (tertiary/aromatic N) is 2. The molecule has 18 heavy (non-hydrogen) atoms. The van der Waals surface area contributed by atoms with Gasteiger partial charge in [0.2, 0.25) is 0 Å². The van der Waals surface area contributed by atoms with Crippen LogP contribution in [0.3, 0.4) is 0 Å². The Morgan fingerprint density at radius 3 is 2.50 bits per heavy atom. The molecule has 1 heterocycles. The van der Waals surface area contributed by atoms with E-state index in [0.29, 0.717) is 0 Å². The van der Waals surface area contributed by atoms with Crippen LogP contribution >= 0.6 is 15.9 Å². The molecule has 1 saturated carbocycles. The van der Waals surface area contributed by atoms with Gasteiger partial charge in [-0.05, 0) is 42.6 Å². The smallest absolute Gasteiger partial charge is 0.185 e. The zero-order valence-electron chi connectivity index (χ0n) is 11.2. The predicted octanol–water partition coefficient (Wildman–Crippen LogP) is 4.38. The van der Waals surface area contributed by atoms with Crippen molar-refractivity contribution < 1.29 is 4.79 Å². The van der Waals surface area contributed by atoms with Crippen molar-refractivity contribution in [1.29, 1.82) is 0 Å². The third-order valence-corrected chi connectivity index (χ3v) is 4.28. The number of Topliss-reactive ketones (excluding diaryl/α,β-unsaturated/α-hetero) is 1. The molecule has 0 aliphatic heterocycles. The normalized spacial score (nSPS) is 18.0. The molecular formula is C14H21BrN2O. The Kier molecular flexibility index (Phi) is 4.60. The highest BCUT2D eigenvalue weighted by molar-refractivity contribution is 9.10. The third-order valence-electron chi connectivity index (χ3n) is 3.70. The van der Waals surface area contributed by atoms with E-state index in [9.17, 15) is 4.79 Å². The van der Waals surface area contributed by atoms with Crippen LogP contribution in [0.2, 0.25) is 0 Å². The van der Waals surface area contributed by atoms with Gasteiger partial charge in [0.1, 0.15) is 5.69 Å². The lowest BCUT2D eigenvalue weighted by Gasteiger charge is -2.16. The minimum Gasteiger partial charge on any atom is -0.292 e. The number of hydrogen-bond donors (Lipinski definition) is 0. The molecule has 0 bridgehead atoms. The van der Waals surface area contributed by atoms with E-state index in [4.69, 9.17) is 0 Å². The Morgan fingerprint density at radius 2 is 1.94 bits per heavy atom. The molecule has 1 aliphatic rings. The Balaban J connectivity index is 2.24. The summed E-state index contributed by atoms with van der Waals surface area (Å²) in [6.07, 6.45) is 8.73. The Bertz CT molecular complexity index is 417. The molecule has 0 saturated heterocycles. The van der Waals surface area contributed by atoms with E-state index in [1.807, 2.05) is 4.68 Å². The van der Waals surface area contributed by atoms with Crippen molar-refractivity contribution in [2.24, 2.45) is 5.92 Å². The number of carbonyl (C=O) groups is 1. The van der Waals surface area contributed by atoms with Crippen LogP contribution in [0, 0.1) is 5.92 Å². The highest BCUT2D eigenvalue weighted by atomic mass is 79.9. The number of halogens is 1. The van der Waals surface area contributed by atoms with E-state index in [-0.39, 0.29) is 17.7 Å². The highest BCUT2D eigenvalue weighted by Crippen LogP contribution is 2.29. The summed E-state index contributed by atoms with van der Waals surface area (Å²) in [6.45, 7) is 4.12. The fraction of sp³-hybridized carbons (Fsp3) is 0.714. The first kappa shape index (κ1) is 13.8. The summed E-state index contributed by atoms with van der Waals surface area (Å²) in [7, 11) is 0. The molecule has 1 aliphatic carbocycles. The molecule has 0 atom stereocenters. The molecule has 0 amide bonds. The molecule has 0 N–H and O–H groups in total. The van der Waals surface area contributed by atoms with Gasteiger partial charge < -0.3 is 0 Å². The van der Waals surface area contributed by atoms with Crippen molar-refractivity contribution in [2.75, 3.05) is 0 Å². The zero-order chi connectivity index (χ0) is 13.1. The van der Waals surface area contributed by atoms with Crippen molar-refractivity contribution >= 4 is 21.7 Å². The topological polar surface area (TPSA) is 34.9 Å². The number of carbonyl (C=O) groups excluding carboxylic acids is 1. The molecule has 0 unspecified atom stereocenters. The van der Waals surface area contributed by atoms with Gasteiger partial charge >= 0.3 is 0 Å². The standard InChI is InChI=1S/C14H21BrN2O/c1-10(2)17-13(12(15)9-16-17)14(18)11-7-5-3-4-6-8-11/h9-11H,3-8H2,1-2H3. The fourth-order valence-corrected chi connectivity index (χ4v) is 3.17. The molecule has 0 spiro atoms. The Labute approximate surface area is 117 Å². The van der Waals surface area contributed by atoms with Crippen molar-refractivity contribution in [3.05, 3.63) is 16.4 Å². The van der Waals surface area contributed by atoms with Gasteiger partial charge in [-0.15, -0.1) is 0 Å². The van der Waals surface area contributed by atoms with Crippen LogP contribution < -0.4 is 0 Å². The molecule has 4 heteroatoms. The van der Waals surface area contributed by atoms with Crippen LogP contribution in [-0.2, 0) is 0 Å². The summed E-state index contributed by atoms with van der Waals surface area (Å²) in [5, 5.41) is 4.30. The first-order chi connectivity index (χ1) is 8.61. The maximum atomic E-state index is 12.7. The van der Waals surface area contributed by atoms with Gasteiger partial charge in [-0.3, -0.25) is 9.48 Å². The molecule has 100 valence electrons. The van der Waals surface area contributed by atoms with Crippen molar-refractivity contribution in [3.8, 4) is 0 Å². The van der Waals surface area contributed by atoms with Gasteiger partial charge in [-0.1, -0.05) is 25.7 Å². The fourth-order valence-electron chi connectivity index (χ4n) is 2.70. The first-order valence-electron chi connectivity index (χ1n) is 6.88. The minimum absolute atomic E-state index is 0.193. The van der Waals surface area contributed by atoms with Crippen molar-refractivity contribution in [1.82, 2.24) is 9.78 Å². The van der Waals surface area contributed by atoms with E-state index in [1.165, 1.54) is 25.7 Å². The van der Waals surface area contributed by atoms with Crippen LogP contribution in [0.4, 0.5) is 0 Å². The van der Waals surface area contributed by atoms with Crippen LogP contribution in [-0.4, -0.2) is 15.6 Å². The average molecular weight is 313 g/mol. The van der Waals surface area contributed by atoms with Gasteiger partial charge in [0, 0.05) is 12.0 Å². The SMILES string of the molecule is CC(C)n1ncc(Br)c1C(=O)C1CCCCCC1. The lowest BCUT2D eigenvalue weighted by molar-refractivity contribution is 0.0894. The molecule has 0 aromatic carbocycles. The number of aromatic nitrogens is 2. The molecular weight excluding hydrogens is 292 g/mol. The molecule has 3 nitrogen and oxygen atoms in total. The predicted molar refractivity (Wildman–Crippen MR) is 75.8 cm³/mol. The quantitative estimate of drug-likeness (QED) is 0.613. The molecule has 1 aromatic rings. The molecule has 0 radical (unpaired) electrons. The largest absolute Gasteiger partial charge is 0.292 e. The van der Waals surface area contributed by atoms with Crippen molar-refractivity contribution in [3.63, 3.8) is 0 Å². The maximum absolute atomic E-state index is 12.7. The zero-order valence-corrected chi connectivity index (χ0v) is 12.7. The van der Waals surface area contributed by atoms with Crippen LogP contribution in [0.25, 0.3) is 0 Å². The lowest BCUT2D eigenvalue weighted by Crippen LogP contribution is -2.20. The van der Waals surface area contributed by atoms with Gasteiger partial charge in [-0.25, -0.2) is 0 Å². The second-order valence-corrected chi connectivity index (χ2v) is 6.29. The Morgan fingerprint density at radius 1 is 1.33 bits per heavy atom. The number of ketones is 1.